The summed E-state index contributed by atoms with van der Waals surface area (Å²) in [5, 5.41) is 3.06. The summed E-state index contributed by atoms with van der Waals surface area (Å²) >= 11 is 0. The van der Waals surface area contributed by atoms with Crippen LogP contribution in [0.25, 0.3) is 0 Å². The highest BCUT2D eigenvalue weighted by Crippen LogP contribution is 2.50. The zero-order valence-electron chi connectivity index (χ0n) is 17.8. The summed E-state index contributed by atoms with van der Waals surface area (Å²) in [6, 6.07) is 14.2. The highest BCUT2D eigenvalue weighted by Gasteiger charge is 2.50. The molecular formula is C25H30N2O2. The highest BCUT2D eigenvalue weighted by atomic mass is 16.2. The zero-order valence-corrected chi connectivity index (χ0v) is 17.8. The molecule has 1 spiro atoms. The molecule has 0 unspecified atom stereocenters. The van der Waals surface area contributed by atoms with E-state index in [0.29, 0.717) is 5.92 Å². The molecule has 2 aromatic rings. The van der Waals surface area contributed by atoms with E-state index in [4.69, 9.17) is 0 Å². The molecule has 0 aromatic heterocycles. The van der Waals surface area contributed by atoms with Gasteiger partial charge in [-0.15, -0.1) is 0 Å². The Morgan fingerprint density at radius 1 is 1.07 bits per heavy atom. The molecule has 2 amide bonds. The van der Waals surface area contributed by atoms with Crippen molar-refractivity contribution in [2.45, 2.75) is 52.0 Å². The van der Waals surface area contributed by atoms with Gasteiger partial charge in [0.25, 0.3) is 5.91 Å². The van der Waals surface area contributed by atoms with Gasteiger partial charge in [-0.25, -0.2) is 0 Å². The number of nitrogens with one attached hydrogen (secondary N) is 1. The highest BCUT2D eigenvalue weighted by molar-refractivity contribution is 6.00. The average molecular weight is 391 g/mol. The van der Waals surface area contributed by atoms with Gasteiger partial charge < -0.3 is 10.2 Å². The standard InChI is InChI=1S/C25H30N2O2/c1-16-5-8-20(9-6-16)26-23(28)18(3)19-11-13-25(14-12-19)22-10-7-17(2)15-21(22)24(29)27(25)4/h5-10,15,18-19H,11-14H2,1-4H3,(H,26,28)/t18-,19?,25?/m1/s1. The maximum atomic E-state index is 12.8. The van der Waals surface area contributed by atoms with Crippen LogP contribution in [0.2, 0.25) is 0 Å². The second-order valence-electron chi connectivity index (χ2n) is 8.93. The minimum Gasteiger partial charge on any atom is -0.332 e. The van der Waals surface area contributed by atoms with Crippen LogP contribution >= 0.6 is 0 Å². The molecule has 4 rings (SSSR count). The number of benzene rings is 2. The number of fused-ring (bicyclic) bond motifs is 2. The lowest BCUT2D eigenvalue weighted by Crippen LogP contribution is -2.45. The normalized spacial score (nSPS) is 24.5. The Morgan fingerprint density at radius 3 is 2.34 bits per heavy atom. The number of carbonyl (C=O) groups excluding carboxylic acids is 2. The average Bonchev–Trinajstić information content (AvgIpc) is 2.91. The fourth-order valence-electron chi connectivity index (χ4n) is 5.13. The summed E-state index contributed by atoms with van der Waals surface area (Å²) in [6.45, 7) is 6.10. The summed E-state index contributed by atoms with van der Waals surface area (Å²) in [5.41, 5.74) is 4.98. The molecular weight excluding hydrogens is 360 g/mol. The van der Waals surface area contributed by atoms with Gasteiger partial charge in [-0.3, -0.25) is 9.59 Å². The largest absolute Gasteiger partial charge is 0.332 e. The molecule has 0 radical (unpaired) electrons. The lowest BCUT2D eigenvalue weighted by atomic mass is 9.69. The van der Waals surface area contributed by atoms with E-state index >= 15 is 0 Å². The van der Waals surface area contributed by atoms with Crippen LogP contribution in [-0.4, -0.2) is 23.8 Å². The summed E-state index contributed by atoms with van der Waals surface area (Å²) in [7, 11) is 1.94. The zero-order chi connectivity index (χ0) is 20.8. The van der Waals surface area contributed by atoms with E-state index < -0.39 is 0 Å². The van der Waals surface area contributed by atoms with E-state index in [0.717, 1.165) is 42.5 Å². The molecule has 152 valence electrons. The van der Waals surface area contributed by atoms with Crippen molar-refractivity contribution in [3.8, 4) is 0 Å². The van der Waals surface area contributed by atoms with Gasteiger partial charge in [-0.1, -0.05) is 42.3 Å². The van der Waals surface area contributed by atoms with Crippen molar-refractivity contribution in [1.82, 2.24) is 4.90 Å². The van der Waals surface area contributed by atoms with Crippen molar-refractivity contribution in [2.24, 2.45) is 11.8 Å². The minimum absolute atomic E-state index is 0.0476. The molecule has 1 N–H and O–H groups in total. The number of hydrogen-bond acceptors (Lipinski definition) is 2. The number of rotatable bonds is 3. The van der Waals surface area contributed by atoms with Crippen LogP contribution in [0.3, 0.4) is 0 Å². The lowest BCUT2D eigenvalue weighted by molar-refractivity contribution is -0.121. The SMILES string of the molecule is Cc1ccc(NC(=O)[C@H](C)C2CCC3(CC2)c2ccc(C)cc2C(=O)N3C)cc1. The molecule has 29 heavy (non-hydrogen) atoms. The Kier molecular flexibility index (Phi) is 4.97. The monoisotopic (exact) mass is 390 g/mol. The summed E-state index contributed by atoms with van der Waals surface area (Å²) in [5.74, 6) is 0.506. The first kappa shape index (κ1) is 19.7. The third-order valence-electron chi connectivity index (χ3n) is 7.15. The van der Waals surface area contributed by atoms with Crippen molar-refractivity contribution in [2.75, 3.05) is 12.4 Å². The molecule has 1 fully saturated rings. The lowest BCUT2D eigenvalue weighted by Gasteiger charge is -2.43. The predicted molar refractivity (Wildman–Crippen MR) is 116 cm³/mol. The van der Waals surface area contributed by atoms with Crippen LogP contribution in [-0.2, 0) is 10.3 Å². The van der Waals surface area contributed by atoms with E-state index in [1.54, 1.807) is 0 Å². The third-order valence-corrected chi connectivity index (χ3v) is 7.15. The second-order valence-corrected chi connectivity index (χ2v) is 8.93. The van der Waals surface area contributed by atoms with Gasteiger partial charge in [-0.2, -0.15) is 0 Å². The molecule has 1 heterocycles. The fraction of sp³-hybridized carbons (Fsp3) is 0.440. The maximum absolute atomic E-state index is 12.8. The van der Waals surface area contributed by atoms with Gasteiger partial charge in [-0.05, 0) is 69.2 Å². The van der Waals surface area contributed by atoms with Crippen LogP contribution in [0.1, 0.15) is 59.7 Å². The molecule has 1 aliphatic heterocycles. The van der Waals surface area contributed by atoms with Crippen molar-refractivity contribution < 1.29 is 9.59 Å². The summed E-state index contributed by atoms with van der Waals surface area (Å²) in [4.78, 5) is 27.6. The molecule has 4 nitrogen and oxygen atoms in total. The van der Waals surface area contributed by atoms with E-state index in [1.807, 2.05) is 63.1 Å². The van der Waals surface area contributed by atoms with Crippen LogP contribution in [0.5, 0.6) is 0 Å². The Balaban J connectivity index is 1.46. The summed E-state index contributed by atoms with van der Waals surface area (Å²) < 4.78 is 0. The Morgan fingerprint density at radius 2 is 1.69 bits per heavy atom. The molecule has 1 saturated carbocycles. The number of anilines is 1. The van der Waals surface area contributed by atoms with Crippen molar-refractivity contribution in [3.63, 3.8) is 0 Å². The van der Waals surface area contributed by atoms with Gasteiger partial charge >= 0.3 is 0 Å². The summed E-state index contributed by atoms with van der Waals surface area (Å²) in [6.07, 6.45) is 3.73. The van der Waals surface area contributed by atoms with E-state index in [2.05, 4.69) is 17.4 Å². The number of hydrogen-bond donors (Lipinski definition) is 1. The Labute approximate surface area is 173 Å². The third kappa shape index (κ3) is 3.35. The maximum Gasteiger partial charge on any atom is 0.254 e. The molecule has 2 aliphatic rings. The fourth-order valence-corrected chi connectivity index (χ4v) is 5.13. The smallest absolute Gasteiger partial charge is 0.254 e. The van der Waals surface area contributed by atoms with Crippen molar-refractivity contribution in [1.29, 1.82) is 0 Å². The number of carbonyl (C=O) groups is 2. The minimum atomic E-state index is -0.205. The van der Waals surface area contributed by atoms with Gasteiger partial charge in [0.1, 0.15) is 0 Å². The van der Waals surface area contributed by atoms with Crippen LogP contribution in [0.15, 0.2) is 42.5 Å². The van der Waals surface area contributed by atoms with Crippen molar-refractivity contribution in [3.05, 3.63) is 64.7 Å². The molecule has 0 saturated heterocycles. The van der Waals surface area contributed by atoms with Gasteiger partial charge in [0, 0.05) is 24.2 Å². The van der Waals surface area contributed by atoms with E-state index in [9.17, 15) is 9.59 Å². The van der Waals surface area contributed by atoms with Crippen LogP contribution in [0.4, 0.5) is 5.69 Å². The molecule has 2 aromatic carbocycles. The number of aryl methyl sites for hydroxylation is 2. The first-order valence-electron chi connectivity index (χ1n) is 10.6. The predicted octanol–water partition coefficient (Wildman–Crippen LogP) is 5.05. The van der Waals surface area contributed by atoms with Crippen LogP contribution in [0, 0.1) is 25.7 Å². The van der Waals surface area contributed by atoms with Gasteiger partial charge in [0.2, 0.25) is 5.91 Å². The molecule has 1 aliphatic carbocycles. The van der Waals surface area contributed by atoms with Gasteiger partial charge in [0.05, 0.1) is 5.54 Å². The van der Waals surface area contributed by atoms with E-state index in [1.165, 1.54) is 11.1 Å². The Hall–Kier alpha value is -2.62. The molecule has 0 bridgehead atoms. The second kappa shape index (κ2) is 7.33. The molecule has 1 atom stereocenters. The first-order chi connectivity index (χ1) is 13.8. The molecule has 4 heteroatoms. The van der Waals surface area contributed by atoms with Gasteiger partial charge in [0.15, 0.2) is 0 Å². The number of nitrogens with zero attached hydrogens (tertiary/aromatic N) is 1. The quantitative estimate of drug-likeness (QED) is 0.797. The topological polar surface area (TPSA) is 49.4 Å². The Bertz CT molecular complexity index is 940. The van der Waals surface area contributed by atoms with E-state index in [-0.39, 0.29) is 23.3 Å². The van der Waals surface area contributed by atoms with Crippen LogP contribution < -0.4 is 5.32 Å². The first-order valence-corrected chi connectivity index (χ1v) is 10.6. The number of amides is 2. The van der Waals surface area contributed by atoms with Crippen molar-refractivity contribution >= 4 is 17.5 Å².